The number of aromatic nitrogens is 3. The van der Waals surface area contributed by atoms with Gasteiger partial charge in [-0.3, -0.25) is 4.98 Å². The van der Waals surface area contributed by atoms with Crippen LogP contribution in [0.4, 0.5) is 30.6 Å². The molecule has 1 aliphatic rings. The zero-order valence-corrected chi connectivity index (χ0v) is 17.5. The van der Waals surface area contributed by atoms with Gasteiger partial charge in [0.1, 0.15) is 5.82 Å². The van der Waals surface area contributed by atoms with E-state index < -0.39 is 11.7 Å². The van der Waals surface area contributed by atoms with Gasteiger partial charge in [-0.2, -0.15) is 18.2 Å². The molecule has 2 N–H and O–H groups in total. The van der Waals surface area contributed by atoms with E-state index in [1.807, 2.05) is 12.1 Å². The third kappa shape index (κ3) is 4.89. The van der Waals surface area contributed by atoms with Gasteiger partial charge in [-0.05, 0) is 59.1 Å². The molecule has 1 saturated carbocycles. The van der Waals surface area contributed by atoms with Gasteiger partial charge in [0.2, 0.25) is 5.95 Å². The van der Waals surface area contributed by atoms with Crippen LogP contribution in [-0.4, -0.2) is 21.0 Å². The molecule has 9 heteroatoms. The molecule has 0 spiro atoms. The van der Waals surface area contributed by atoms with E-state index in [4.69, 9.17) is 0 Å². The average Bonchev–Trinajstić information content (AvgIpc) is 3.22. The molecule has 1 aromatic carbocycles. The number of pyridine rings is 1. The Morgan fingerprint density at radius 3 is 2.50 bits per heavy atom. The first-order valence-electron chi connectivity index (χ1n) is 9.58. The number of hydrogen-bond donors (Lipinski definition) is 2. The summed E-state index contributed by atoms with van der Waals surface area (Å²) in [4.78, 5) is 13.3. The molecule has 0 amide bonds. The van der Waals surface area contributed by atoms with Crippen LogP contribution in [0.3, 0.4) is 0 Å². The molecule has 1 aliphatic carbocycles. The van der Waals surface area contributed by atoms with E-state index in [0.717, 1.165) is 30.5 Å². The van der Waals surface area contributed by atoms with Gasteiger partial charge in [0.05, 0.1) is 16.9 Å². The zero-order chi connectivity index (χ0) is 21.1. The molecule has 2 heterocycles. The van der Waals surface area contributed by atoms with Gasteiger partial charge < -0.3 is 10.6 Å². The number of anilines is 3. The Bertz CT molecular complexity index is 1020. The van der Waals surface area contributed by atoms with Gasteiger partial charge in [0.25, 0.3) is 0 Å². The number of nitrogens with one attached hydrogen (secondary N) is 2. The molecule has 0 atom stereocenters. The highest BCUT2D eigenvalue weighted by Crippen LogP contribution is 2.35. The highest BCUT2D eigenvalue weighted by atomic mass is 79.9. The fourth-order valence-corrected chi connectivity index (χ4v) is 3.90. The summed E-state index contributed by atoms with van der Waals surface area (Å²) in [7, 11) is 0. The van der Waals surface area contributed by atoms with E-state index >= 15 is 0 Å². The topological polar surface area (TPSA) is 62.7 Å². The third-order valence-corrected chi connectivity index (χ3v) is 5.59. The second-order valence-electron chi connectivity index (χ2n) is 7.15. The standard InChI is InChI=1S/C21H19BrF3N5/c22-16-10-14(21(23,24)25)7-8-17(16)28-19-11-18(13-4-3-9-26-12-13)29-20(30-19)27-15-5-1-2-6-15/h3-4,7-12,15H,1-2,5-6H2,(H2,27,28,29,30). The fraction of sp³-hybridized carbons (Fsp3) is 0.286. The lowest BCUT2D eigenvalue weighted by molar-refractivity contribution is -0.137. The van der Waals surface area contributed by atoms with E-state index in [-0.39, 0.29) is 0 Å². The summed E-state index contributed by atoms with van der Waals surface area (Å²) in [6.45, 7) is 0. The quantitative estimate of drug-likeness (QED) is 0.443. The minimum absolute atomic E-state index is 0.296. The van der Waals surface area contributed by atoms with Gasteiger partial charge in [0.15, 0.2) is 0 Å². The molecule has 0 radical (unpaired) electrons. The van der Waals surface area contributed by atoms with Crippen molar-refractivity contribution in [2.45, 2.75) is 37.9 Å². The van der Waals surface area contributed by atoms with Crippen molar-refractivity contribution in [3.8, 4) is 11.3 Å². The van der Waals surface area contributed by atoms with E-state index in [1.54, 1.807) is 18.5 Å². The van der Waals surface area contributed by atoms with Gasteiger partial charge in [-0.1, -0.05) is 12.8 Å². The SMILES string of the molecule is FC(F)(F)c1ccc(Nc2cc(-c3cccnc3)nc(NC3CCCC3)n2)c(Br)c1. The number of hydrogen-bond acceptors (Lipinski definition) is 5. The highest BCUT2D eigenvalue weighted by Gasteiger charge is 2.30. The predicted molar refractivity (Wildman–Crippen MR) is 114 cm³/mol. The van der Waals surface area contributed by atoms with Crippen LogP contribution in [-0.2, 0) is 6.18 Å². The smallest absolute Gasteiger partial charge is 0.351 e. The van der Waals surface area contributed by atoms with Crippen LogP contribution >= 0.6 is 15.9 Å². The van der Waals surface area contributed by atoms with Crippen LogP contribution in [0.2, 0.25) is 0 Å². The van der Waals surface area contributed by atoms with Crippen LogP contribution in [0.25, 0.3) is 11.3 Å². The van der Waals surface area contributed by atoms with Crippen molar-refractivity contribution in [1.82, 2.24) is 15.0 Å². The van der Waals surface area contributed by atoms with Crippen LogP contribution in [0, 0.1) is 0 Å². The van der Waals surface area contributed by atoms with Crippen molar-refractivity contribution in [2.24, 2.45) is 0 Å². The summed E-state index contributed by atoms with van der Waals surface area (Å²) in [6, 6.07) is 9.24. The van der Waals surface area contributed by atoms with Crippen LogP contribution in [0.1, 0.15) is 31.2 Å². The molecule has 0 aliphatic heterocycles. The van der Waals surface area contributed by atoms with Gasteiger partial charge in [-0.15, -0.1) is 0 Å². The van der Waals surface area contributed by atoms with E-state index in [9.17, 15) is 13.2 Å². The monoisotopic (exact) mass is 477 g/mol. The molecule has 0 unspecified atom stereocenters. The minimum Gasteiger partial charge on any atom is -0.351 e. The minimum atomic E-state index is -4.40. The van der Waals surface area contributed by atoms with Crippen molar-refractivity contribution >= 4 is 33.4 Å². The second kappa shape index (κ2) is 8.59. The molecule has 0 saturated heterocycles. The second-order valence-corrected chi connectivity index (χ2v) is 8.00. The number of alkyl halides is 3. The lowest BCUT2D eigenvalue weighted by atomic mass is 10.2. The molecule has 3 aromatic rings. The van der Waals surface area contributed by atoms with Crippen molar-refractivity contribution in [3.63, 3.8) is 0 Å². The molecule has 2 aromatic heterocycles. The summed E-state index contributed by atoms with van der Waals surface area (Å²) < 4.78 is 39.1. The number of nitrogens with zero attached hydrogens (tertiary/aromatic N) is 3. The van der Waals surface area contributed by atoms with E-state index in [2.05, 4.69) is 41.5 Å². The maximum atomic E-state index is 12.9. The summed E-state index contributed by atoms with van der Waals surface area (Å²) in [5.41, 5.74) is 1.25. The van der Waals surface area contributed by atoms with Crippen molar-refractivity contribution in [2.75, 3.05) is 10.6 Å². The molecular weight excluding hydrogens is 459 g/mol. The van der Waals surface area contributed by atoms with Gasteiger partial charge in [-0.25, -0.2) is 4.98 Å². The van der Waals surface area contributed by atoms with Crippen molar-refractivity contribution in [3.05, 3.63) is 58.8 Å². The average molecular weight is 478 g/mol. The Morgan fingerprint density at radius 2 is 1.83 bits per heavy atom. The summed E-state index contributed by atoms with van der Waals surface area (Å²) in [6.07, 6.45) is 3.46. The maximum Gasteiger partial charge on any atom is 0.416 e. The van der Waals surface area contributed by atoms with Crippen LogP contribution in [0.15, 0.2) is 53.3 Å². The number of halogens is 4. The molecule has 0 bridgehead atoms. The molecule has 1 fully saturated rings. The molecule has 5 nitrogen and oxygen atoms in total. The first-order chi connectivity index (χ1) is 14.4. The summed E-state index contributed by atoms with van der Waals surface area (Å²) >= 11 is 3.22. The summed E-state index contributed by atoms with van der Waals surface area (Å²) in [5, 5.41) is 6.48. The normalized spacial score (nSPS) is 14.7. The van der Waals surface area contributed by atoms with E-state index in [0.29, 0.717) is 33.7 Å². The molecule has 30 heavy (non-hydrogen) atoms. The fourth-order valence-electron chi connectivity index (χ4n) is 3.42. The Morgan fingerprint density at radius 1 is 1.03 bits per heavy atom. The molecular formula is C21H19BrF3N5. The zero-order valence-electron chi connectivity index (χ0n) is 15.9. The van der Waals surface area contributed by atoms with Crippen LogP contribution in [0.5, 0.6) is 0 Å². The molecule has 4 rings (SSSR count). The predicted octanol–water partition coefficient (Wildman–Crippen LogP) is 6.42. The van der Waals surface area contributed by atoms with Crippen molar-refractivity contribution < 1.29 is 13.2 Å². The van der Waals surface area contributed by atoms with E-state index in [1.165, 1.54) is 18.9 Å². The maximum absolute atomic E-state index is 12.9. The lowest BCUT2D eigenvalue weighted by Crippen LogP contribution is -2.17. The number of benzene rings is 1. The first-order valence-corrected chi connectivity index (χ1v) is 10.4. The Kier molecular flexibility index (Phi) is 5.90. The summed E-state index contributed by atoms with van der Waals surface area (Å²) in [5.74, 6) is 0.957. The first kappa shape index (κ1) is 20.6. The lowest BCUT2D eigenvalue weighted by Gasteiger charge is -2.16. The van der Waals surface area contributed by atoms with Gasteiger partial charge >= 0.3 is 6.18 Å². The van der Waals surface area contributed by atoms with Gasteiger partial charge in [0, 0.05) is 34.5 Å². The third-order valence-electron chi connectivity index (χ3n) is 4.93. The van der Waals surface area contributed by atoms with Crippen LogP contribution < -0.4 is 10.6 Å². The Balaban J connectivity index is 1.66. The number of rotatable bonds is 5. The Hall–Kier alpha value is -2.68. The highest BCUT2D eigenvalue weighted by molar-refractivity contribution is 9.10. The molecule has 156 valence electrons. The van der Waals surface area contributed by atoms with Crippen molar-refractivity contribution in [1.29, 1.82) is 0 Å². The largest absolute Gasteiger partial charge is 0.416 e. The Labute approximate surface area is 180 Å².